The zero-order valence-corrected chi connectivity index (χ0v) is 31.4. The molecule has 9 aliphatic carbocycles. The fraction of sp³-hybridized carbons (Fsp3) is 1.00. The second-order valence-electron chi connectivity index (χ2n) is 20.7. The summed E-state index contributed by atoms with van der Waals surface area (Å²) in [6.45, 7) is 12.0. The van der Waals surface area contributed by atoms with Crippen molar-refractivity contribution in [3.63, 3.8) is 0 Å². The van der Waals surface area contributed by atoms with E-state index in [1.807, 2.05) is 0 Å². The lowest BCUT2D eigenvalue weighted by atomic mass is 9.46. The number of rotatable bonds is 6. The van der Waals surface area contributed by atoms with E-state index in [2.05, 4.69) is 43.9 Å². The van der Waals surface area contributed by atoms with Crippen molar-refractivity contribution in [2.45, 2.75) is 177 Å². The standard InChI is InChI=1S/C40H64O3P2/c1-25-6-7-32(33(8-25)40(24-44)34(2)22-36(4)42-35(40,3)23-37(5,41-34)43-36)21-45(38-15-26-9-27(16-38)11-28(10-26)17-38)39-18-29-12-30(19-39)14-31(13-29)20-39/h25-33H,6-24,44H2,1-5H3/t25?,26?,27?,28?,29?,30?,31?,32-,33-,34?,35?,36?,37?,38?,39?,40?,45?/m1/s1. The van der Waals surface area contributed by atoms with Crippen molar-refractivity contribution < 1.29 is 14.2 Å². The Kier molecular flexibility index (Phi) is 6.48. The van der Waals surface area contributed by atoms with Crippen LogP contribution >= 0.6 is 17.2 Å². The lowest BCUT2D eigenvalue weighted by Gasteiger charge is -2.77. The van der Waals surface area contributed by atoms with Crippen molar-refractivity contribution in [1.29, 1.82) is 0 Å². The molecule has 45 heavy (non-hydrogen) atoms. The molecule has 12 bridgehead atoms. The van der Waals surface area contributed by atoms with E-state index in [0.717, 1.165) is 76.7 Å². The van der Waals surface area contributed by atoms with Crippen LogP contribution in [0.5, 0.6) is 0 Å². The highest BCUT2D eigenvalue weighted by atomic mass is 31.1. The summed E-state index contributed by atoms with van der Waals surface area (Å²) in [6, 6.07) is 0. The molecule has 0 aromatic rings. The Morgan fingerprint density at radius 1 is 0.600 bits per heavy atom. The average Bonchev–Trinajstić information content (AvgIpc) is 2.88. The Bertz CT molecular complexity index is 1090. The first kappa shape index (κ1) is 30.6. The molecule has 13 aliphatic rings. The van der Waals surface area contributed by atoms with Gasteiger partial charge >= 0.3 is 0 Å². The Hall–Kier alpha value is 0.740. The van der Waals surface area contributed by atoms with Crippen LogP contribution in [0.4, 0.5) is 0 Å². The minimum absolute atomic E-state index is 0.00241. The largest absolute Gasteiger partial charge is 0.343 e. The van der Waals surface area contributed by atoms with Crippen molar-refractivity contribution in [3.05, 3.63) is 0 Å². The molecule has 0 aromatic heterocycles. The topological polar surface area (TPSA) is 27.7 Å². The number of hydrogen-bond acceptors (Lipinski definition) is 3. The Balaban J connectivity index is 1.07. The van der Waals surface area contributed by atoms with Gasteiger partial charge in [-0.15, -0.1) is 9.24 Å². The van der Waals surface area contributed by atoms with Gasteiger partial charge in [-0.1, -0.05) is 21.3 Å². The van der Waals surface area contributed by atoms with Crippen LogP contribution in [0.2, 0.25) is 0 Å². The van der Waals surface area contributed by atoms with Crippen molar-refractivity contribution >= 4 is 17.2 Å². The normalized spacial score (nSPS) is 64.3. The molecule has 4 saturated heterocycles. The van der Waals surface area contributed by atoms with Crippen molar-refractivity contribution in [3.8, 4) is 0 Å². The molecule has 13 rings (SSSR count). The molecule has 0 spiro atoms. The summed E-state index contributed by atoms with van der Waals surface area (Å²) < 4.78 is 21.1. The first-order valence-corrected chi connectivity index (χ1v) is 22.2. The first-order valence-electron chi connectivity index (χ1n) is 19.9. The first-order chi connectivity index (χ1) is 21.3. The van der Waals surface area contributed by atoms with Crippen LogP contribution in [0.1, 0.15) is 144 Å². The highest BCUT2D eigenvalue weighted by Crippen LogP contribution is 2.80. The maximum Gasteiger partial charge on any atom is 0.172 e. The fourth-order valence-electron chi connectivity index (χ4n) is 17.5. The third-order valence-electron chi connectivity index (χ3n) is 17.3. The van der Waals surface area contributed by atoms with Crippen LogP contribution in [0, 0.1) is 58.7 Å². The van der Waals surface area contributed by atoms with Gasteiger partial charge in [-0.2, -0.15) is 0 Å². The molecule has 8 atom stereocenters. The summed E-state index contributed by atoms with van der Waals surface area (Å²) in [6.07, 6.45) is 28.0. The quantitative estimate of drug-likeness (QED) is 0.267. The predicted octanol–water partition coefficient (Wildman–Crippen LogP) is 10.1. The van der Waals surface area contributed by atoms with Gasteiger partial charge in [0.05, 0.1) is 11.2 Å². The molecule has 9 saturated carbocycles. The van der Waals surface area contributed by atoms with Crippen LogP contribution in [0.3, 0.4) is 0 Å². The molecule has 0 N–H and O–H groups in total. The molecular weight excluding hydrogens is 590 g/mol. The number of hydrogen-bond donors (Lipinski definition) is 0. The smallest absolute Gasteiger partial charge is 0.172 e. The zero-order chi connectivity index (χ0) is 30.8. The monoisotopic (exact) mass is 654 g/mol. The van der Waals surface area contributed by atoms with Gasteiger partial charge in [0, 0.05) is 18.3 Å². The Morgan fingerprint density at radius 3 is 1.42 bits per heavy atom. The van der Waals surface area contributed by atoms with Gasteiger partial charge in [0.25, 0.3) is 0 Å². The maximum absolute atomic E-state index is 7.27. The van der Waals surface area contributed by atoms with Gasteiger partial charge in [-0.25, -0.2) is 0 Å². The maximum atomic E-state index is 7.27. The van der Waals surface area contributed by atoms with Gasteiger partial charge in [0.2, 0.25) is 0 Å². The summed E-state index contributed by atoms with van der Waals surface area (Å²) in [5.74, 6) is 7.67. The van der Waals surface area contributed by atoms with E-state index in [-0.39, 0.29) is 24.5 Å². The van der Waals surface area contributed by atoms with Gasteiger partial charge in [-0.05, 0) is 193 Å². The molecule has 3 nitrogen and oxygen atoms in total. The zero-order valence-electron chi connectivity index (χ0n) is 29.4. The van der Waals surface area contributed by atoms with E-state index in [9.17, 15) is 0 Å². The molecule has 6 unspecified atom stereocenters. The van der Waals surface area contributed by atoms with E-state index < -0.39 is 11.6 Å². The lowest BCUT2D eigenvalue weighted by molar-refractivity contribution is -0.549. The molecule has 252 valence electrons. The summed E-state index contributed by atoms with van der Waals surface area (Å²) >= 11 is 0. The molecule has 5 heteroatoms. The van der Waals surface area contributed by atoms with Crippen LogP contribution < -0.4 is 0 Å². The minimum Gasteiger partial charge on any atom is -0.343 e. The van der Waals surface area contributed by atoms with E-state index in [4.69, 9.17) is 14.2 Å². The second kappa shape index (κ2) is 9.54. The summed E-state index contributed by atoms with van der Waals surface area (Å²) in [5.41, 5.74) is -0.422. The van der Waals surface area contributed by atoms with Crippen molar-refractivity contribution in [1.82, 2.24) is 0 Å². The highest BCUT2D eigenvalue weighted by molar-refractivity contribution is 7.61. The molecule has 13 fully saturated rings. The third-order valence-corrected chi connectivity index (χ3v) is 22.2. The second-order valence-corrected chi connectivity index (χ2v) is 24.3. The van der Waals surface area contributed by atoms with Gasteiger partial charge < -0.3 is 14.2 Å². The molecule has 0 amide bonds. The van der Waals surface area contributed by atoms with E-state index in [1.54, 1.807) is 83.2 Å². The van der Waals surface area contributed by atoms with Gasteiger partial charge in [0.15, 0.2) is 11.6 Å². The lowest BCUT2D eigenvalue weighted by Crippen LogP contribution is -2.84. The third kappa shape index (κ3) is 4.13. The molecule has 0 radical (unpaired) electrons. The van der Waals surface area contributed by atoms with E-state index in [1.165, 1.54) is 19.3 Å². The van der Waals surface area contributed by atoms with Crippen molar-refractivity contribution in [2.24, 2.45) is 58.7 Å². The molecular formula is C40H64O3P2. The Labute approximate surface area is 278 Å². The van der Waals surface area contributed by atoms with Gasteiger partial charge in [0.1, 0.15) is 0 Å². The van der Waals surface area contributed by atoms with Crippen LogP contribution in [0.15, 0.2) is 0 Å². The van der Waals surface area contributed by atoms with Crippen LogP contribution in [0.25, 0.3) is 0 Å². The van der Waals surface area contributed by atoms with Crippen molar-refractivity contribution in [2.75, 3.05) is 12.3 Å². The predicted molar refractivity (Wildman–Crippen MR) is 187 cm³/mol. The highest BCUT2D eigenvalue weighted by Gasteiger charge is 2.79. The summed E-state index contributed by atoms with van der Waals surface area (Å²) in [4.78, 5) is 0. The SMILES string of the molecule is CC1CC[C@H](CP(C23CC4CC(CC(C4)C2)C3)C23CC4CC(CC(C4)C2)C3)[C@H](C2(CP)C3(C)CC4(C)OC(C)(CC2(C)O4)O3)C1. The molecule has 4 aliphatic heterocycles. The Morgan fingerprint density at radius 2 is 1.02 bits per heavy atom. The van der Waals surface area contributed by atoms with E-state index >= 15 is 0 Å². The number of ether oxygens (including phenoxy) is 3. The van der Waals surface area contributed by atoms with Gasteiger partial charge in [-0.3, -0.25) is 0 Å². The van der Waals surface area contributed by atoms with Crippen LogP contribution in [-0.2, 0) is 14.2 Å². The average molecular weight is 655 g/mol. The minimum atomic E-state index is -0.529. The summed E-state index contributed by atoms with van der Waals surface area (Å²) in [5, 5.41) is 1.44. The van der Waals surface area contributed by atoms with E-state index in [0.29, 0.717) is 5.92 Å². The van der Waals surface area contributed by atoms with Crippen LogP contribution in [-0.4, -0.2) is 45.4 Å². The fourth-order valence-corrected chi connectivity index (χ4v) is 24.2. The molecule has 0 aromatic carbocycles. The molecule has 4 heterocycles. The summed E-state index contributed by atoms with van der Waals surface area (Å²) in [7, 11) is 3.30.